The second-order valence-electron chi connectivity index (χ2n) is 4.76. The minimum Gasteiger partial charge on any atom is -0.508 e. The molecule has 0 aliphatic heterocycles. The third kappa shape index (κ3) is 4.23. The molecule has 5 nitrogen and oxygen atoms in total. The van der Waals surface area contributed by atoms with Gasteiger partial charge in [-0.3, -0.25) is 9.59 Å². The summed E-state index contributed by atoms with van der Waals surface area (Å²) in [6.07, 6.45) is 0. The lowest BCUT2D eigenvalue weighted by atomic mass is 10.2. The number of phenolic OH excluding ortho intramolecular Hbond substituents is 1. The number of hydrogen-bond acceptors (Lipinski definition) is 3. The number of benzene rings is 2. The summed E-state index contributed by atoms with van der Waals surface area (Å²) >= 11 is 5.77. The molecule has 0 bridgehead atoms. The van der Waals surface area contributed by atoms with Gasteiger partial charge in [0.2, 0.25) is 0 Å². The van der Waals surface area contributed by atoms with Crippen molar-refractivity contribution >= 4 is 29.1 Å². The van der Waals surface area contributed by atoms with E-state index in [-0.39, 0.29) is 12.3 Å². The van der Waals surface area contributed by atoms with E-state index < -0.39 is 11.8 Å². The van der Waals surface area contributed by atoms with Crippen LogP contribution in [-0.2, 0) is 16.1 Å². The molecule has 0 aliphatic rings. The minimum atomic E-state index is -0.761. The van der Waals surface area contributed by atoms with E-state index in [0.717, 1.165) is 5.56 Å². The van der Waals surface area contributed by atoms with E-state index in [1.165, 1.54) is 18.2 Å². The van der Waals surface area contributed by atoms with Crippen molar-refractivity contribution in [1.29, 1.82) is 0 Å². The standard InChI is InChI=1S/C16H15ClN2O3/c1-10-8-13(20)6-7-14(10)19-16(22)15(21)18-9-11-2-4-12(17)5-3-11/h2-8,20H,9H2,1H3,(H,18,21)(H,19,22). The van der Waals surface area contributed by atoms with Crippen molar-refractivity contribution in [1.82, 2.24) is 5.32 Å². The van der Waals surface area contributed by atoms with Crippen molar-refractivity contribution in [2.24, 2.45) is 0 Å². The van der Waals surface area contributed by atoms with Gasteiger partial charge in [0.15, 0.2) is 0 Å². The molecule has 0 saturated carbocycles. The van der Waals surface area contributed by atoms with Gasteiger partial charge in [0.1, 0.15) is 5.75 Å². The molecule has 0 heterocycles. The normalized spacial score (nSPS) is 10.1. The lowest BCUT2D eigenvalue weighted by Gasteiger charge is -2.09. The molecular weight excluding hydrogens is 304 g/mol. The highest BCUT2D eigenvalue weighted by Crippen LogP contribution is 2.19. The van der Waals surface area contributed by atoms with E-state index in [0.29, 0.717) is 16.3 Å². The number of aryl methyl sites for hydroxylation is 1. The van der Waals surface area contributed by atoms with Crippen LogP contribution in [0.15, 0.2) is 42.5 Å². The summed E-state index contributed by atoms with van der Waals surface area (Å²) in [5.74, 6) is -1.40. The number of rotatable bonds is 3. The van der Waals surface area contributed by atoms with Gasteiger partial charge in [-0.25, -0.2) is 0 Å². The lowest BCUT2D eigenvalue weighted by molar-refractivity contribution is -0.136. The molecule has 2 aromatic rings. The quantitative estimate of drug-likeness (QED) is 0.601. The summed E-state index contributed by atoms with van der Waals surface area (Å²) in [6, 6.07) is 11.4. The van der Waals surface area contributed by atoms with Gasteiger partial charge in [-0.1, -0.05) is 23.7 Å². The van der Waals surface area contributed by atoms with Gasteiger partial charge in [0, 0.05) is 17.3 Å². The van der Waals surface area contributed by atoms with Crippen molar-refractivity contribution in [2.45, 2.75) is 13.5 Å². The topological polar surface area (TPSA) is 78.4 Å². The van der Waals surface area contributed by atoms with Gasteiger partial charge in [-0.15, -0.1) is 0 Å². The minimum absolute atomic E-state index is 0.0997. The predicted octanol–water partition coefficient (Wildman–Crippen LogP) is 2.61. The van der Waals surface area contributed by atoms with Gasteiger partial charge < -0.3 is 15.7 Å². The third-order valence-corrected chi connectivity index (χ3v) is 3.28. The van der Waals surface area contributed by atoms with Crippen molar-refractivity contribution in [3.63, 3.8) is 0 Å². The number of carbonyl (C=O) groups excluding carboxylic acids is 2. The van der Waals surface area contributed by atoms with Gasteiger partial charge >= 0.3 is 11.8 Å². The Labute approximate surface area is 132 Å². The number of carbonyl (C=O) groups is 2. The lowest BCUT2D eigenvalue weighted by Crippen LogP contribution is -2.35. The van der Waals surface area contributed by atoms with Crippen LogP contribution in [0.5, 0.6) is 5.75 Å². The van der Waals surface area contributed by atoms with Gasteiger partial charge in [-0.05, 0) is 48.4 Å². The zero-order valence-electron chi connectivity index (χ0n) is 11.9. The largest absolute Gasteiger partial charge is 0.508 e. The second kappa shape index (κ2) is 6.95. The van der Waals surface area contributed by atoms with Gasteiger partial charge in [-0.2, -0.15) is 0 Å². The molecular formula is C16H15ClN2O3. The van der Waals surface area contributed by atoms with Crippen LogP contribution in [0.25, 0.3) is 0 Å². The molecule has 6 heteroatoms. The maximum Gasteiger partial charge on any atom is 0.313 e. The number of aromatic hydroxyl groups is 1. The van der Waals surface area contributed by atoms with Crippen LogP contribution in [0.4, 0.5) is 5.69 Å². The van der Waals surface area contributed by atoms with E-state index in [4.69, 9.17) is 11.6 Å². The number of nitrogens with one attached hydrogen (secondary N) is 2. The smallest absolute Gasteiger partial charge is 0.313 e. The van der Waals surface area contributed by atoms with E-state index in [1.807, 2.05) is 0 Å². The van der Waals surface area contributed by atoms with E-state index in [9.17, 15) is 14.7 Å². The van der Waals surface area contributed by atoms with Crippen molar-refractivity contribution in [3.8, 4) is 5.75 Å². The maximum atomic E-state index is 11.8. The molecule has 0 unspecified atom stereocenters. The summed E-state index contributed by atoms with van der Waals surface area (Å²) < 4.78 is 0. The monoisotopic (exact) mass is 318 g/mol. The Morgan fingerprint density at radius 2 is 1.77 bits per heavy atom. The molecule has 2 aromatic carbocycles. The van der Waals surface area contributed by atoms with Crippen LogP contribution in [0.1, 0.15) is 11.1 Å². The fourth-order valence-corrected chi connectivity index (χ4v) is 1.96. The average Bonchev–Trinajstić information content (AvgIpc) is 2.49. The molecule has 2 rings (SSSR count). The van der Waals surface area contributed by atoms with Gasteiger partial charge in [0.05, 0.1) is 0 Å². The fourth-order valence-electron chi connectivity index (χ4n) is 1.83. The fraction of sp³-hybridized carbons (Fsp3) is 0.125. The van der Waals surface area contributed by atoms with Gasteiger partial charge in [0.25, 0.3) is 0 Å². The first-order chi connectivity index (χ1) is 10.5. The Balaban J connectivity index is 1.92. The van der Waals surface area contributed by atoms with E-state index in [1.54, 1.807) is 31.2 Å². The second-order valence-corrected chi connectivity index (χ2v) is 5.20. The first-order valence-electron chi connectivity index (χ1n) is 6.59. The molecule has 3 N–H and O–H groups in total. The SMILES string of the molecule is Cc1cc(O)ccc1NC(=O)C(=O)NCc1ccc(Cl)cc1. The van der Waals surface area contributed by atoms with E-state index in [2.05, 4.69) is 10.6 Å². The summed E-state index contributed by atoms with van der Waals surface area (Å²) in [6.45, 7) is 1.96. The predicted molar refractivity (Wildman–Crippen MR) is 84.8 cm³/mol. The van der Waals surface area contributed by atoms with Crippen molar-refractivity contribution in [2.75, 3.05) is 5.32 Å². The molecule has 0 radical (unpaired) electrons. The number of halogens is 1. The zero-order chi connectivity index (χ0) is 16.1. The van der Waals surface area contributed by atoms with Crippen LogP contribution in [0.3, 0.4) is 0 Å². The van der Waals surface area contributed by atoms with Crippen LogP contribution < -0.4 is 10.6 Å². The molecule has 2 amide bonds. The highest BCUT2D eigenvalue weighted by atomic mass is 35.5. The Hall–Kier alpha value is -2.53. The maximum absolute atomic E-state index is 11.8. The van der Waals surface area contributed by atoms with Crippen molar-refractivity contribution < 1.29 is 14.7 Å². The highest BCUT2D eigenvalue weighted by Gasteiger charge is 2.14. The summed E-state index contributed by atoms with van der Waals surface area (Å²) in [5, 5.41) is 14.9. The average molecular weight is 319 g/mol. The zero-order valence-corrected chi connectivity index (χ0v) is 12.6. The first-order valence-corrected chi connectivity index (χ1v) is 6.97. The highest BCUT2D eigenvalue weighted by molar-refractivity contribution is 6.39. The summed E-state index contributed by atoms with van der Waals surface area (Å²) in [5.41, 5.74) is 1.98. The molecule has 0 atom stereocenters. The molecule has 0 fully saturated rings. The van der Waals surface area contributed by atoms with E-state index >= 15 is 0 Å². The molecule has 22 heavy (non-hydrogen) atoms. The van der Waals surface area contributed by atoms with Crippen molar-refractivity contribution in [3.05, 3.63) is 58.6 Å². The number of phenols is 1. The first kappa shape index (κ1) is 15.9. The van der Waals surface area contributed by atoms with Crippen LogP contribution in [-0.4, -0.2) is 16.9 Å². The molecule has 0 saturated heterocycles. The van der Waals surface area contributed by atoms with Crippen LogP contribution in [0, 0.1) is 6.92 Å². The number of hydrogen-bond donors (Lipinski definition) is 3. The Bertz CT molecular complexity index is 699. The third-order valence-electron chi connectivity index (χ3n) is 3.03. The molecule has 0 aliphatic carbocycles. The molecule has 114 valence electrons. The molecule has 0 aromatic heterocycles. The number of amides is 2. The molecule has 0 spiro atoms. The Morgan fingerprint density at radius 1 is 1.09 bits per heavy atom. The Kier molecular flexibility index (Phi) is 5.01. The summed E-state index contributed by atoms with van der Waals surface area (Å²) in [4.78, 5) is 23.6. The Morgan fingerprint density at radius 3 is 2.41 bits per heavy atom. The van der Waals surface area contributed by atoms with Crippen LogP contribution in [0.2, 0.25) is 5.02 Å². The van der Waals surface area contributed by atoms with Crippen LogP contribution >= 0.6 is 11.6 Å². The number of anilines is 1. The summed E-state index contributed by atoms with van der Waals surface area (Å²) in [7, 11) is 0.